The predicted molar refractivity (Wildman–Crippen MR) is 110 cm³/mol. The Labute approximate surface area is 162 Å². The molecule has 0 atom stereocenters. The van der Waals surface area contributed by atoms with Gasteiger partial charge in [-0.25, -0.2) is 0 Å². The number of ether oxygens (including phenoxy) is 1. The van der Waals surface area contributed by atoms with Crippen molar-refractivity contribution in [1.82, 2.24) is 0 Å². The van der Waals surface area contributed by atoms with Gasteiger partial charge in [-0.3, -0.25) is 0 Å². The predicted octanol–water partition coefficient (Wildman–Crippen LogP) is 5.75. The molecule has 1 saturated heterocycles. The van der Waals surface area contributed by atoms with Gasteiger partial charge in [0, 0.05) is 4.47 Å². The maximum atomic E-state index is 5.96. The summed E-state index contributed by atoms with van der Waals surface area (Å²) in [6, 6.07) is 8.22. The Bertz CT molecular complexity index is 516. The first-order valence-electron chi connectivity index (χ1n) is 9.06. The number of aryl methyl sites for hydroxylation is 1. The molecular weight excluding hydrogens is 379 g/mol. The Morgan fingerprint density at radius 3 is 1.88 bits per heavy atom. The van der Waals surface area contributed by atoms with Crippen LogP contribution in [-0.2, 0) is 14.0 Å². The first-order valence-corrected chi connectivity index (χ1v) is 9.85. The highest BCUT2D eigenvalue weighted by Gasteiger charge is 2.52. The summed E-state index contributed by atoms with van der Waals surface area (Å²) in [4.78, 5) is 0. The molecule has 0 aromatic heterocycles. The van der Waals surface area contributed by atoms with Gasteiger partial charge in [0.05, 0.1) is 24.4 Å². The minimum absolute atomic E-state index is 0.182. The van der Waals surface area contributed by atoms with Gasteiger partial charge < -0.3 is 14.0 Å². The number of rotatable bonds is 1. The molecule has 2 aliphatic heterocycles. The number of benzene rings is 1. The van der Waals surface area contributed by atoms with E-state index >= 15 is 0 Å². The maximum absolute atomic E-state index is 5.96. The third-order valence-corrected chi connectivity index (χ3v) is 5.09. The third-order valence-electron chi connectivity index (χ3n) is 4.57. The maximum Gasteiger partial charge on any atom is 0.490 e. The molecule has 1 aromatic carbocycles. The molecule has 2 aliphatic rings. The molecule has 0 bridgehead atoms. The summed E-state index contributed by atoms with van der Waals surface area (Å²) in [5.74, 6) is 0. The van der Waals surface area contributed by atoms with E-state index in [2.05, 4.69) is 68.8 Å². The second-order valence-electron chi connectivity index (χ2n) is 6.99. The summed E-state index contributed by atoms with van der Waals surface area (Å²) in [6.07, 6.45) is 2.99. The summed E-state index contributed by atoms with van der Waals surface area (Å²) < 4.78 is 18.3. The number of halogens is 1. The fourth-order valence-electron chi connectivity index (χ4n) is 2.28. The van der Waals surface area contributed by atoms with Crippen LogP contribution in [0.15, 0.2) is 40.3 Å². The first kappa shape index (κ1) is 22.4. The van der Waals surface area contributed by atoms with E-state index in [-0.39, 0.29) is 18.3 Å². The van der Waals surface area contributed by atoms with E-state index < -0.39 is 0 Å². The van der Waals surface area contributed by atoms with E-state index in [9.17, 15) is 0 Å². The van der Waals surface area contributed by atoms with E-state index in [0.29, 0.717) is 6.61 Å². The lowest BCUT2D eigenvalue weighted by Crippen LogP contribution is -2.41. The monoisotopic (exact) mass is 410 g/mol. The lowest BCUT2D eigenvalue weighted by Gasteiger charge is -2.32. The van der Waals surface area contributed by atoms with Gasteiger partial charge in [-0.15, -0.1) is 0 Å². The lowest BCUT2D eigenvalue weighted by molar-refractivity contribution is 0.00578. The second-order valence-corrected chi connectivity index (χ2v) is 7.90. The summed E-state index contributed by atoms with van der Waals surface area (Å²) in [7, 11) is -0.182. The molecule has 5 heteroatoms. The molecule has 0 unspecified atom stereocenters. The van der Waals surface area contributed by atoms with Crippen LogP contribution in [0.2, 0.25) is 0 Å². The summed E-state index contributed by atoms with van der Waals surface area (Å²) in [5.41, 5.74) is 2.04. The molecule has 140 valence electrons. The highest BCUT2D eigenvalue weighted by molar-refractivity contribution is 9.10. The average Bonchev–Trinajstić information content (AvgIpc) is 2.82. The number of hydrogen-bond donors (Lipinski definition) is 0. The van der Waals surface area contributed by atoms with Crippen LogP contribution in [0.4, 0.5) is 0 Å². The topological polar surface area (TPSA) is 27.7 Å². The highest BCUT2D eigenvalue weighted by atomic mass is 79.9. The molecule has 3 rings (SSSR count). The van der Waals surface area contributed by atoms with Crippen LogP contribution >= 0.6 is 15.9 Å². The van der Waals surface area contributed by atoms with Crippen molar-refractivity contribution < 1.29 is 14.0 Å². The van der Waals surface area contributed by atoms with Gasteiger partial charge in [-0.05, 0) is 58.6 Å². The Balaban J connectivity index is 0.000000264. The van der Waals surface area contributed by atoms with Crippen molar-refractivity contribution in [3.63, 3.8) is 0 Å². The van der Waals surface area contributed by atoms with Crippen LogP contribution in [0.1, 0.15) is 53.5 Å². The van der Waals surface area contributed by atoms with Crippen LogP contribution in [0, 0.1) is 6.92 Å². The second kappa shape index (κ2) is 9.91. The van der Waals surface area contributed by atoms with Gasteiger partial charge in [-0.2, -0.15) is 0 Å². The van der Waals surface area contributed by atoms with Gasteiger partial charge in [0.15, 0.2) is 0 Å². The van der Waals surface area contributed by atoms with Crippen LogP contribution in [0.3, 0.4) is 0 Å². The van der Waals surface area contributed by atoms with Crippen molar-refractivity contribution >= 4 is 23.0 Å². The smallest absolute Gasteiger partial charge is 0.400 e. The first-order chi connectivity index (χ1) is 11.7. The van der Waals surface area contributed by atoms with E-state index in [1.54, 1.807) is 0 Å². The molecule has 0 aliphatic carbocycles. The van der Waals surface area contributed by atoms with Crippen LogP contribution in [0.25, 0.3) is 0 Å². The SMILES string of the molecule is CC.CC1(C)OB(C2=CCOCC2)OC1(C)C.Cc1ccc(Br)cc1. The van der Waals surface area contributed by atoms with Crippen molar-refractivity contribution in [2.45, 2.75) is 66.1 Å². The van der Waals surface area contributed by atoms with Gasteiger partial charge in [0.1, 0.15) is 0 Å². The highest BCUT2D eigenvalue weighted by Crippen LogP contribution is 2.39. The number of hydrogen-bond acceptors (Lipinski definition) is 3. The van der Waals surface area contributed by atoms with Crippen LogP contribution in [0.5, 0.6) is 0 Å². The molecule has 0 N–H and O–H groups in total. The van der Waals surface area contributed by atoms with Crippen LogP contribution < -0.4 is 0 Å². The zero-order chi connectivity index (χ0) is 19.1. The fourth-order valence-corrected chi connectivity index (χ4v) is 2.55. The van der Waals surface area contributed by atoms with Gasteiger partial charge in [0.25, 0.3) is 0 Å². The van der Waals surface area contributed by atoms with Crippen molar-refractivity contribution in [1.29, 1.82) is 0 Å². The van der Waals surface area contributed by atoms with Crippen molar-refractivity contribution in [3.8, 4) is 0 Å². The van der Waals surface area contributed by atoms with E-state index in [4.69, 9.17) is 14.0 Å². The van der Waals surface area contributed by atoms with E-state index in [0.717, 1.165) is 17.5 Å². The molecule has 0 amide bonds. The fraction of sp³-hybridized carbons (Fsp3) is 0.600. The van der Waals surface area contributed by atoms with Crippen molar-refractivity contribution in [2.24, 2.45) is 0 Å². The normalized spacial score (nSPS) is 20.6. The minimum Gasteiger partial charge on any atom is -0.400 e. The summed E-state index contributed by atoms with van der Waals surface area (Å²) in [6.45, 7) is 15.8. The Morgan fingerprint density at radius 2 is 1.48 bits per heavy atom. The zero-order valence-electron chi connectivity index (χ0n) is 16.7. The standard InChI is InChI=1S/C11H19BO3.C7H7Br.C2H6/c1-10(2)11(3,4)15-12(14-10)9-5-7-13-8-6-9;1-6-2-4-7(8)5-3-6;1-2/h5H,6-8H2,1-4H3;2-5H,1H3;1-2H3. The molecule has 25 heavy (non-hydrogen) atoms. The molecule has 3 nitrogen and oxygen atoms in total. The summed E-state index contributed by atoms with van der Waals surface area (Å²) in [5, 5.41) is 0. The average molecular weight is 411 g/mol. The van der Waals surface area contributed by atoms with Crippen LogP contribution in [-0.4, -0.2) is 31.5 Å². The molecule has 0 saturated carbocycles. The van der Waals surface area contributed by atoms with Crippen molar-refractivity contribution in [3.05, 3.63) is 45.9 Å². The Kier molecular flexibility index (Phi) is 8.89. The minimum atomic E-state index is -0.239. The quantitative estimate of drug-likeness (QED) is 0.551. The molecule has 1 aromatic rings. The Morgan fingerprint density at radius 1 is 0.960 bits per heavy atom. The third kappa shape index (κ3) is 6.56. The molecular formula is C20H32BBrO3. The van der Waals surface area contributed by atoms with Gasteiger partial charge >= 0.3 is 7.12 Å². The van der Waals surface area contributed by atoms with Gasteiger partial charge in [-0.1, -0.05) is 53.5 Å². The van der Waals surface area contributed by atoms with Gasteiger partial charge in [0.2, 0.25) is 0 Å². The van der Waals surface area contributed by atoms with E-state index in [1.165, 1.54) is 11.0 Å². The largest absolute Gasteiger partial charge is 0.490 e. The lowest BCUT2D eigenvalue weighted by atomic mass is 9.75. The summed E-state index contributed by atoms with van der Waals surface area (Å²) >= 11 is 3.35. The molecule has 0 radical (unpaired) electrons. The van der Waals surface area contributed by atoms with Crippen molar-refractivity contribution in [2.75, 3.05) is 13.2 Å². The zero-order valence-corrected chi connectivity index (χ0v) is 18.3. The molecule has 2 heterocycles. The Hall–Kier alpha value is -0.615. The van der Waals surface area contributed by atoms with E-state index in [1.807, 2.05) is 26.0 Å². The molecule has 1 fully saturated rings. The molecule has 0 spiro atoms.